The largest absolute Gasteiger partial charge is 0.486 e. The van der Waals surface area contributed by atoms with Gasteiger partial charge in [-0.3, -0.25) is 0 Å². The van der Waals surface area contributed by atoms with Crippen LogP contribution in [0.15, 0.2) is 18.2 Å². The summed E-state index contributed by atoms with van der Waals surface area (Å²) in [4.78, 5) is 0. The average Bonchev–Trinajstić information content (AvgIpc) is 2.96. The Kier molecular flexibility index (Phi) is 4.13. The van der Waals surface area contributed by atoms with Crippen molar-refractivity contribution in [3.63, 3.8) is 0 Å². The van der Waals surface area contributed by atoms with E-state index in [2.05, 4.69) is 22.4 Å². The summed E-state index contributed by atoms with van der Waals surface area (Å²) in [5.74, 6) is 1.59. The Hall–Kier alpha value is -1.66. The molecule has 0 unspecified atom stereocenters. The van der Waals surface area contributed by atoms with Gasteiger partial charge in [0.25, 0.3) is 0 Å². The summed E-state index contributed by atoms with van der Waals surface area (Å²) in [7, 11) is 0. The van der Waals surface area contributed by atoms with Gasteiger partial charge < -0.3 is 14.8 Å². The summed E-state index contributed by atoms with van der Waals surface area (Å²) in [5.41, 5.74) is 1.02. The van der Waals surface area contributed by atoms with Gasteiger partial charge in [0.05, 0.1) is 0 Å². The van der Waals surface area contributed by atoms with E-state index in [1.165, 1.54) is 0 Å². The molecule has 6 heteroatoms. The van der Waals surface area contributed by atoms with Crippen molar-refractivity contribution in [2.75, 3.05) is 19.8 Å². The molecule has 1 N–H and O–H groups in total. The Morgan fingerprint density at radius 3 is 2.90 bits per heavy atom. The summed E-state index contributed by atoms with van der Waals surface area (Å²) >= 11 is 1.61. The lowest BCUT2D eigenvalue weighted by molar-refractivity contribution is 0.171. The zero-order chi connectivity index (χ0) is 13.8. The predicted octanol–water partition coefficient (Wildman–Crippen LogP) is 2.48. The molecule has 0 radical (unpaired) electrons. The van der Waals surface area contributed by atoms with Crippen LogP contribution >= 0.6 is 11.3 Å². The highest BCUT2D eigenvalue weighted by Gasteiger charge is 2.14. The monoisotopic (exact) mass is 291 g/mol. The van der Waals surface area contributed by atoms with Crippen LogP contribution in [-0.4, -0.2) is 30.0 Å². The Morgan fingerprint density at radius 1 is 1.20 bits per heavy atom. The van der Waals surface area contributed by atoms with Crippen LogP contribution in [0.1, 0.15) is 18.4 Å². The van der Waals surface area contributed by atoms with Crippen molar-refractivity contribution in [1.29, 1.82) is 0 Å². The van der Waals surface area contributed by atoms with Crippen LogP contribution in [0.2, 0.25) is 0 Å². The van der Waals surface area contributed by atoms with Gasteiger partial charge in [-0.1, -0.05) is 18.3 Å². The summed E-state index contributed by atoms with van der Waals surface area (Å²) in [6.07, 6.45) is 1.12. The van der Waals surface area contributed by atoms with Gasteiger partial charge in [0.2, 0.25) is 0 Å². The molecule has 1 aromatic carbocycles. The van der Waals surface area contributed by atoms with Gasteiger partial charge in [0, 0.05) is 12.1 Å². The molecule has 1 aliphatic rings. The van der Waals surface area contributed by atoms with Crippen molar-refractivity contribution in [3.05, 3.63) is 23.2 Å². The topological polar surface area (TPSA) is 56.3 Å². The Bertz CT molecular complexity index is 586. The van der Waals surface area contributed by atoms with Crippen LogP contribution in [0.5, 0.6) is 11.5 Å². The van der Waals surface area contributed by atoms with E-state index in [0.717, 1.165) is 46.6 Å². The molecule has 0 spiro atoms. The lowest BCUT2D eigenvalue weighted by atomic mass is 10.2. The van der Waals surface area contributed by atoms with Crippen molar-refractivity contribution < 1.29 is 9.47 Å². The third kappa shape index (κ3) is 2.91. The molecule has 0 fully saturated rings. The molecule has 0 aliphatic carbocycles. The van der Waals surface area contributed by atoms with E-state index in [1.54, 1.807) is 11.3 Å². The zero-order valence-corrected chi connectivity index (χ0v) is 12.2. The van der Waals surface area contributed by atoms with Gasteiger partial charge >= 0.3 is 0 Å². The van der Waals surface area contributed by atoms with Gasteiger partial charge in [-0.15, -0.1) is 10.2 Å². The van der Waals surface area contributed by atoms with E-state index in [4.69, 9.17) is 9.47 Å². The molecule has 0 atom stereocenters. The van der Waals surface area contributed by atoms with Crippen LogP contribution in [0.4, 0.5) is 0 Å². The molecule has 0 amide bonds. The number of rotatable bonds is 5. The smallest absolute Gasteiger partial charge is 0.162 e. The second-order valence-corrected chi connectivity index (χ2v) is 5.60. The van der Waals surface area contributed by atoms with Crippen LogP contribution in [0.25, 0.3) is 10.6 Å². The quantitative estimate of drug-likeness (QED) is 0.858. The number of fused-ring (bicyclic) bond motifs is 1. The molecule has 106 valence electrons. The van der Waals surface area contributed by atoms with Crippen molar-refractivity contribution >= 4 is 11.3 Å². The minimum atomic E-state index is 0.596. The van der Waals surface area contributed by atoms with E-state index >= 15 is 0 Å². The first-order valence-electron chi connectivity index (χ1n) is 6.80. The molecule has 1 aromatic heterocycles. The van der Waals surface area contributed by atoms with E-state index in [0.29, 0.717) is 13.2 Å². The first kappa shape index (κ1) is 13.3. The second-order valence-electron chi connectivity index (χ2n) is 4.54. The lowest BCUT2D eigenvalue weighted by Gasteiger charge is -2.18. The molecule has 0 saturated heterocycles. The number of nitrogens with one attached hydrogen (secondary N) is 1. The molecule has 3 rings (SSSR count). The fourth-order valence-electron chi connectivity index (χ4n) is 1.99. The van der Waals surface area contributed by atoms with E-state index in [9.17, 15) is 0 Å². The SMILES string of the molecule is CCCNCc1nnc(-c2ccc3c(c2)OCCO3)s1. The zero-order valence-electron chi connectivity index (χ0n) is 11.4. The van der Waals surface area contributed by atoms with Crippen molar-refractivity contribution in [1.82, 2.24) is 15.5 Å². The molecule has 1 aliphatic heterocycles. The first-order chi connectivity index (χ1) is 9.86. The Morgan fingerprint density at radius 2 is 2.05 bits per heavy atom. The summed E-state index contributed by atoms with van der Waals surface area (Å²) in [5, 5.41) is 13.7. The van der Waals surface area contributed by atoms with Crippen LogP contribution in [0, 0.1) is 0 Å². The first-order valence-corrected chi connectivity index (χ1v) is 7.61. The number of hydrogen-bond acceptors (Lipinski definition) is 6. The third-order valence-electron chi connectivity index (χ3n) is 2.96. The Balaban J connectivity index is 1.75. The predicted molar refractivity (Wildman–Crippen MR) is 78.3 cm³/mol. The lowest BCUT2D eigenvalue weighted by Crippen LogP contribution is -2.15. The van der Waals surface area contributed by atoms with E-state index in [1.807, 2.05) is 18.2 Å². The highest BCUT2D eigenvalue weighted by atomic mass is 32.1. The summed E-state index contributed by atoms with van der Waals surface area (Å²) in [6.45, 7) is 5.12. The van der Waals surface area contributed by atoms with Crippen molar-refractivity contribution in [2.24, 2.45) is 0 Å². The standard InChI is InChI=1S/C14H17N3O2S/c1-2-5-15-9-13-16-17-14(20-13)10-3-4-11-12(8-10)19-7-6-18-11/h3-4,8,15H,2,5-7,9H2,1H3. The van der Waals surface area contributed by atoms with Crippen LogP contribution in [-0.2, 0) is 6.54 Å². The maximum Gasteiger partial charge on any atom is 0.162 e. The Labute approximate surface area is 121 Å². The molecule has 0 bridgehead atoms. The molecule has 20 heavy (non-hydrogen) atoms. The molecular formula is C14H17N3O2S. The summed E-state index contributed by atoms with van der Waals surface area (Å²) < 4.78 is 11.1. The van der Waals surface area contributed by atoms with Crippen LogP contribution < -0.4 is 14.8 Å². The fraction of sp³-hybridized carbons (Fsp3) is 0.429. The van der Waals surface area contributed by atoms with Gasteiger partial charge in [-0.25, -0.2) is 0 Å². The van der Waals surface area contributed by atoms with E-state index in [-0.39, 0.29) is 0 Å². The van der Waals surface area contributed by atoms with Crippen molar-refractivity contribution in [3.8, 4) is 22.1 Å². The highest BCUT2D eigenvalue weighted by Crippen LogP contribution is 2.35. The van der Waals surface area contributed by atoms with Gasteiger partial charge in [-0.2, -0.15) is 0 Å². The number of ether oxygens (including phenoxy) is 2. The molecule has 2 heterocycles. The minimum Gasteiger partial charge on any atom is -0.486 e. The van der Waals surface area contributed by atoms with Crippen molar-refractivity contribution in [2.45, 2.75) is 19.9 Å². The number of nitrogens with zero attached hydrogens (tertiary/aromatic N) is 2. The summed E-state index contributed by atoms with van der Waals surface area (Å²) in [6, 6.07) is 5.90. The number of hydrogen-bond donors (Lipinski definition) is 1. The fourth-order valence-corrected chi connectivity index (χ4v) is 2.80. The third-order valence-corrected chi connectivity index (χ3v) is 3.93. The second kappa shape index (κ2) is 6.19. The van der Waals surface area contributed by atoms with Gasteiger partial charge in [0.1, 0.15) is 23.2 Å². The maximum atomic E-state index is 5.59. The highest BCUT2D eigenvalue weighted by molar-refractivity contribution is 7.14. The van der Waals surface area contributed by atoms with E-state index < -0.39 is 0 Å². The minimum absolute atomic E-state index is 0.596. The van der Waals surface area contributed by atoms with Crippen LogP contribution in [0.3, 0.4) is 0 Å². The number of benzene rings is 1. The normalized spacial score (nSPS) is 13.4. The van der Waals surface area contributed by atoms with Gasteiger partial charge in [-0.05, 0) is 31.2 Å². The van der Waals surface area contributed by atoms with Gasteiger partial charge in [0.15, 0.2) is 11.5 Å². The number of aromatic nitrogens is 2. The average molecular weight is 291 g/mol. The molecule has 5 nitrogen and oxygen atoms in total. The molecule has 0 saturated carbocycles. The molecule has 2 aromatic rings. The maximum absolute atomic E-state index is 5.59. The molecular weight excluding hydrogens is 274 g/mol.